The minimum absolute atomic E-state index is 0.442. The molecule has 0 aliphatic heterocycles. The molecule has 4 heteroatoms. The van der Waals surface area contributed by atoms with Crippen LogP contribution < -0.4 is 5.73 Å². The van der Waals surface area contributed by atoms with Gasteiger partial charge in [-0.15, -0.1) is 0 Å². The van der Waals surface area contributed by atoms with Crippen molar-refractivity contribution in [1.82, 2.24) is 4.98 Å². The molecule has 12 heavy (non-hydrogen) atoms. The molecule has 1 aromatic heterocycles. The van der Waals surface area contributed by atoms with Gasteiger partial charge in [-0.2, -0.15) is 0 Å². The fourth-order valence-corrected chi connectivity index (χ4v) is 1.69. The Balaban J connectivity index is 2.49. The molecule has 1 heterocycles. The number of halogens is 2. The van der Waals surface area contributed by atoms with E-state index >= 15 is 0 Å². The third kappa shape index (κ3) is 1.31. The van der Waals surface area contributed by atoms with E-state index in [1.807, 2.05) is 0 Å². The van der Waals surface area contributed by atoms with E-state index in [1.165, 1.54) is 12.8 Å². The molecule has 0 radical (unpaired) electrons. The highest BCUT2D eigenvalue weighted by molar-refractivity contribution is 9.10. The van der Waals surface area contributed by atoms with Crippen molar-refractivity contribution in [2.75, 3.05) is 5.73 Å². The van der Waals surface area contributed by atoms with Gasteiger partial charge < -0.3 is 5.73 Å². The van der Waals surface area contributed by atoms with Gasteiger partial charge in [-0.3, -0.25) is 0 Å². The topological polar surface area (TPSA) is 38.9 Å². The maximum absolute atomic E-state index is 5.85. The third-order valence-electron chi connectivity index (χ3n) is 2.06. The summed E-state index contributed by atoms with van der Waals surface area (Å²) in [5.41, 5.74) is 7.73. The van der Waals surface area contributed by atoms with Crippen molar-refractivity contribution in [1.29, 1.82) is 0 Å². The van der Waals surface area contributed by atoms with Gasteiger partial charge in [0, 0.05) is 6.20 Å². The Labute approximate surface area is 84.3 Å². The number of hydrogen-bond donors (Lipinski definition) is 1. The molecule has 0 amide bonds. The summed E-state index contributed by atoms with van der Waals surface area (Å²) in [6.07, 6.45) is 4.22. The van der Waals surface area contributed by atoms with E-state index in [1.54, 1.807) is 6.20 Å². The number of aromatic nitrogens is 1. The van der Waals surface area contributed by atoms with E-state index in [0.29, 0.717) is 11.1 Å². The summed E-state index contributed by atoms with van der Waals surface area (Å²) in [7, 11) is 0. The lowest BCUT2D eigenvalue weighted by Crippen LogP contribution is -1.96. The van der Waals surface area contributed by atoms with Gasteiger partial charge in [0.2, 0.25) is 0 Å². The van der Waals surface area contributed by atoms with Gasteiger partial charge in [-0.25, -0.2) is 4.98 Å². The highest BCUT2D eigenvalue weighted by Crippen LogP contribution is 2.44. The van der Waals surface area contributed by atoms with E-state index in [0.717, 1.165) is 15.7 Å². The first kappa shape index (κ1) is 8.32. The first-order chi connectivity index (χ1) is 5.70. The number of hydrogen-bond acceptors (Lipinski definition) is 2. The summed E-state index contributed by atoms with van der Waals surface area (Å²) in [6, 6.07) is 0. The molecule has 0 spiro atoms. The molecular weight excluding hydrogens is 239 g/mol. The molecule has 1 aromatic rings. The highest BCUT2D eigenvalue weighted by Gasteiger charge is 2.27. The van der Waals surface area contributed by atoms with Gasteiger partial charge in [-0.05, 0) is 40.3 Å². The fourth-order valence-electron chi connectivity index (χ4n) is 1.21. The molecule has 0 atom stereocenters. The van der Waals surface area contributed by atoms with Crippen LogP contribution in [0.2, 0.25) is 5.15 Å². The van der Waals surface area contributed by atoms with Gasteiger partial charge in [0.15, 0.2) is 0 Å². The lowest BCUT2D eigenvalue weighted by Gasteiger charge is -2.05. The number of anilines is 1. The van der Waals surface area contributed by atoms with Crippen LogP contribution >= 0.6 is 27.5 Å². The van der Waals surface area contributed by atoms with Gasteiger partial charge >= 0.3 is 0 Å². The Morgan fingerprint density at radius 1 is 1.58 bits per heavy atom. The van der Waals surface area contributed by atoms with Crippen LogP contribution in [0.25, 0.3) is 0 Å². The smallest absolute Gasteiger partial charge is 0.145 e. The average molecular weight is 248 g/mol. The van der Waals surface area contributed by atoms with Crippen LogP contribution in [0.4, 0.5) is 5.69 Å². The van der Waals surface area contributed by atoms with Gasteiger partial charge in [0.1, 0.15) is 5.15 Å². The monoisotopic (exact) mass is 246 g/mol. The molecular formula is C8H8BrClN2. The second-order valence-corrected chi connectivity index (χ2v) is 4.16. The van der Waals surface area contributed by atoms with Gasteiger partial charge in [0.25, 0.3) is 0 Å². The number of nitrogen functional groups attached to an aromatic ring is 1. The lowest BCUT2D eigenvalue weighted by atomic mass is 10.1. The molecule has 0 unspecified atom stereocenters. The quantitative estimate of drug-likeness (QED) is 0.775. The molecule has 64 valence electrons. The third-order valence-corrected chi connectivity index (χ3v) is 3.38. The minimum atomic E-state index is 0.442. The van der Waals surface area contributed by atoms with Crippen molar-refractivity contribution >= 4 is 33.2 Å². The van der Waals surface area contributed by atoms with E-state index in [4.69, 9.17) is 17.3 Å². The summed E-state index contributed by atoms with van der Waals surface area (Å²) in [5, 5.41) is 0.442. The lowest BCUT2D eigenvalue weighted by molar-refractivity contribution is 1.09. The molecule has 0 bridgehead atoms. The Kier molecular flexibility index (Phi) is 2.00. The zero-order valence-electron chi connectivity index (χ0n) is 6.35. The Morgan fingerprint density at radius 2 is 2.25 bits per heavy atom. The van der Waals surface area contributed by atoms with Crippen molar-refractivity contribution in [3.05, 3.63) is 21.4 Å². The summed E-state index contributed by atoms with van der Waals surface area (Å²) in [5.74, 6) is 0.617. The van der Waals surface area contributed by atoms with E-state index in [2.05, 4.69) is 20.9 Å². The maximum atomic E-state index is 5.85. The van der Waals surface area contributed by atoms with Crippen LogP contribution in [0, 0.1) is 0 Å². The predicted molar refractivity (Wildman–Crippen MR) is 53.3 cm³/mol. The minimum Gasteiger partial charge on any atom is -0.397 e. The van der Waals surface area contributed by atoms with Crippen LogP contribution in [0.15, 0.2) is 10.7 Å². The van der Waals surface area contributed by atoms with Crippen molar-refractivity contribution in [2.24, 2.45) is 0 Å². The number of nitrogens with zero attached hydrogens (tertiary/aromatic N) is 1. The van der Waals surface area contributed by atoms with E-state index in [-0.39, 0.29) is 0 Å². The molecule has 2 rings (SSSR count). The van der Waals surface area contributed by atoms with Gasteiger partial charge in [-0.1, -0.05) is 11.6 Å². The largest absolute Gasteiger partial charge is 0.397 e. The van der Waals surface area contributed by atoms with Crippen LogP contribution in [0.5, 0.6) is 0 Å². The molecule has 1 aliphatic rings. The molecule has 2 N–H and O–H groups in total. The molecule has 1 saturated carbocycles. The zero-order chi connectivity index (χ0) is 8.72. The SMILES string of the molecule is Nc1c(C2CC2)cnc(Cl)c1Br. The number of nitrogens with two attached hydrogens (primary N) is 1. The zero-order valence-corrected chi connectivity index (χ0v) is 8.69. The van der Waals surface area contributed by atoms with E-state index < -0.39 is 0 Å². The van der Waals surface area contributed by atoms with Crippen LogP contribution in [-0.4, -0.2) is 4.98 Å². The number of rotatable bonds is 1. The van der Waals surface area contributed by atoms with E-state index in [9.17, 15) is 0 Å². The molecule has 1 aliphatic carbocycles. The normalized spacial score (nSPS) is 16.5. The van der Waals surface area contributed by atoms with Crippen LogP contribution in [0.3, 0.4) is 0 Å². The summed E-state index contributed by atoms with van der Waals surface area (Å²) in [4.78, 5) is 4.04. The van der Waals surface area contributed by atoms with Crippen molar-refractivity contribution in [3.8, 4) is 0 Å². The number of pyridine rings is 1. The van der Waals surface area contributed by atoms with Gasteiger partial charge in [0.05, 0.1) is 10.2 Å². The van der Waals surface area contributed by atoms with Crippen molar-refractivity contribution in [3.63, 3.8) is 0 Å². The summed E-state index contributed by atoms with van der Waals surface area (Å²) >= 11 is 9.08. The summed E-state index contributed by atoms with van der Waals surface area (Å²) in [6.45, 7) is 0. The first-order valence-corrected chi connectivity index (χ1v) is 4.96. The second kappa shape index (κ2) is 2.89. The van der Waals surface area contributed by atoms with Crippen molar-refractivity contribution < 1.29 is 0 Å². The van der Waals surface area contributed by atoms with Crippen LogP contribution in [0.1, 0.15) is 24.3 Å². The maximum Gasteiger partial charge on any atom is 0.145 e. The Bertz CT molecular complexity index is 323. The van der Waals surface area contributed by atoms with Crippen molar-refractivity contribution in [2.45, 2.75) is 18.8 Å². The first-order valence-electron chi connectivity index (χ1n) is 3.79. The Morgan fingerprint density at radius 3 is 2.83 bits per heavy atom. The van der Waals surface area contributed by atoms with Crippen LogP contribution in [-0.2, 0) is 0 Å². The molecule has 2 nitrogen and oxygen atoms in total. The summed E-state index contributed by atoms with van der Waals surface area (Å²) < 4.78 is 0.730. The average Bonchev–Trinajstić information content (AvgIpc) is 2.84. The standard InChI is InChI=1S/C8H8BrClN2/c9-6-7(11)5(4-1-2-4)3-12-8(6)10/h3-4H,1-2H2,(H2,11,12). The Hall–Kier alpha value is -0.280. The fraction of sp³-hybridized carbons (Fsp3) is 0.375. The molecule has 0 aromatic carbocycles. The molecule has 1 fully saturated rings. The highest BCUT2D eigenvalue weighted by atomic mass is 79.9. The molecule has 0 saturated heterocycles. The predicted octanol–water partition coefficient (Wildman–Crippen LogP) is 2.96. The second-order valence-electron chi connectivity index (χ2n) is 3.01.